The van der Waals surface area contributed by atoms with Crippen LogP contribution < -0.4 is 5.32 Å². The van der Waals surface area contributed by atoms with Crippen LogP contribution in [0.25, 0.3) is 0 Å². The van der Waals surface area contributed by atoms with E-state index in [1.165, 1.54) is 10.9 Å². The summed E-state index contributed by atoms with van der Waals surface area (Å²) in [6, 6.07) is 7.06. The number of rotatable bonds is 2. The molecule has 1 aromatic heterocycles. The minimum absolute atomic E-state index is 0.154. The molecule has 0 radical (unpaired) electrons. The van der Waals surface area contributed by atoms with Gasteiger partial charge in [0.25, 0.3) is 0 Å². The Morgan fingerprint density at radius 1 is 1.47 bits per heavy atom. The predicted molar refractivity (Wildman–Crippen MR) is 66.0 cm³/mol. The average molecular weight is 250 g/mol. The van der Waals surface area contributed by atoms with Crippen LogP contribution in [-0.2, 0) is 0 Å². The first-order valence-electron chi connectivity index (χ1n) is 5.21. The first kappa shape index (κ1) is 11.7. The molecule has 0 fully saturated rings. The quantitative estimate of drug-likeness (QED) is 0.890. The minimum Gasteiger partial charge on any atom is -0.331 e. The van der Waals surface area contributed by atoms with Crippen LogP contribution in [0, 0.1) is 0 Å². The zero-order chi connectivity index (χ0) is 12.3. The fraction of sp³-hybridized carbons (Fsp3) is 0.167. The number of hydrogen-bond acceptors (Lipinski definition) is 2. The van der Waals surface area contributed by atoms with Crippen LogP contribution in [0.3, 0.4) is 0 Å². The van der Waals surface area contributed by atoms with Gasteiger partial charge in [-0.15, -0.1) is 0 Å². The number of carbonyl (C=O) groups is 1. The number of amides is 1. The average Bonchev–Trinajstić information content (AvgIpc) is 2.82. The zero-order valence-electron chi connectivity index (χ0n) is 9.30. The highest BCUT2D eigenvalue weighted by atomic mass is 35.5. The smallest absolute Gasteiger partial charge is 0.327 e. The Balaban J connectivity index is 2.10. The fourth-order valence-corrected chi connectivity index (χ4v) is 1.84. The van der Waals surface area contributed by atoms with Gasteiger partial charge in [-0.2, -0.15) is 0 Å². The third-order valence-electron chi connectivity index (χ3n) is 2.45. The van der Waals surface area contributed by atoms with Crippen molar-refractivity contribution >= 4 is 17.6 Å². The Morgan fingerprint density at radius 3 is 2.88 bits per heavy atom. The molecule has 17 heavy (non-hydrogen) atoms. The highest BCUT2D eigenvalue weighted by Crippen LogP contribution is 2.21. The van der Waals surface area contributed by atoms with E-state index < -0.39 is 0 Å². The molecule has 0 aliphatic heterocycles. The van der Waals surface area contributed by atoms with E-state index in [4.69, 9.17) is 11.6 Å². The summed E-state index contributed by atoms with van der Waals surface area (Å²) in [4.78, 5) is 15.6. The van der Waals surface area contributed by atoms with Gasteiger partial charge in [0.05, 0.1) is 6.04 Å². The molecule has 0 saturated carbocycles. The lowest BCUT2D eigenvalue weighted by molar-refractivity contribution is 0.239. The topological polar surface area (TPSA) is 46.9 Å². The summed E-state index contributed by atoms with van der Waals surface area (Å²) < 4.78 is 1.38. The second-order valence-electron chi connectivity index (χ2n) is 3.66. The summed E-state index contributed by atoms with van der Waals surface area (Å²) in [6.45, 7) is 1.88. The van der Waals surface area contributed by atoms with Crippen LogP contribution >= 0.6 is 11.6 Å². The summed E-state index contributed by atoms with van der Waals surface area (Å²) in [5.41, 5.74) is 0.891. The maximum Gasteiger partial charge on any atom is 0.327 e. The molecule has 1 heterocycles. The van der Waals surface area contributed by atoms with E-state index in [1.54, 1.807) is 18.5 Å². The summed E-state index contributed by atoms with van der Waals surface area (Å²) in [5.74, 6) is 0. The Labute approximate surface area is 104 Å². The van der Waals surface area contributed by atoms with Gasteiger partial charge in [-0.25, -0.2) is 9.78 Å². The van der Waals surface area contributed by atoms with E-state index in [2.05, 4.69) is 10.3 Å². The molecule has 0 spiro atoms. The summed E-state index contributed by atoms with van der Waals surface area (Å²) in [7, 11) is 0. The lowest BCUT2D eigenvalue weighted by Crippen LogP contribution is -2.30. The van der Waals surface area contributed by atoms with Crippen LogP contribution in [0.2, 0.25) is 5.02 Å². The first-order chi connectivity index (χ1) is 8.18. The largest absolute Gasteiger partial charge is 0.331 e. The van der Waals surface area contributed by atoms with Crippen molar-refractivity contribution in [2.45, 2.75) is 13.0 Å². The second-order valence-corrected chi connectivity index (χ2v) is 4.07. The van der Waals surface area contributed by atoms with Crippen molar-refractivity contribution in [2.24, 2.45) is 0 Å². The van der Waals surface area contributed by atoms with Crippen molar-refractivity contribution in [1.82, 2.24) is 14.9 Å². The van der Waals surface area contributed by atoms with Crippen LogP contribution in [-0.4, -0.2) is 15.6 Å². The highest BCUT2D eigenvalue weighted by Gasteiger charge is 2.12. The van der Waals surface area contributed by atoms with E-state index in [-0.39, 0.29) is 12.1 Å². The Kier molecular flexibility index (Phi) is 3.44. The van der Waals surface area contributed by atoms with Gasteiger partial charge in [0.1, 0.15) is 6.33 Å². The number of carbonyl (C=O) groups excluding carboxylic acids is 1. The Hall–Kier alpha value is -1.81. The molecule has 1 aromatic carbocycles. The van der Waals surface area contributed by atoms with Gasteiger partial charge in [0.2, 0.25) is 0 Å². The van der Waals surface area contributed by atoms with E-state index in [9.17, 15) is 4.79 Å². The first-order valence-corrected chi connectivity index (χ1v) is 5.59. The number of benzene rings is 1. The molecule has 0 saturated heterocycles. The number of nitrogens with zero attached hydrogens (tertiary/aromatic N) is 2. The molecular weight excluding hydrogens is 238 g/mol. The summed E-state index contributed by atoms with van der Waals surface area (Å²) >= 11 is 6.06. The molecule has 88 valence electrons. The number of nitrogens with one attached hydrogen (secondary N) is 1. The van der Waals surface area contributed by atoms with Gasteiger partial charge in [-0.3, -0.25) is 4.57 Å². The van der Waals surface area contributed by atoms with Crippen molar-refractivity contribution < 1.29 is 4.79 Å². The van der Waals surface area contributed by atoms with E-state index >= 15 is 0 Å². The fourth-order valence-electron chi connectivity index (χ4n) is 1.54. The van der Waals surface area contributed by atoms with Crippen molar-refractivity contribution in [2.75, 3.05) is 0 Å². The summed E-state index contributed by atoms with van der Waals surface area (Å²) in [6.07, 6.45) is 4.60. The van der Waals surface area contributed by atoms with Crippen molar-refractivity contribution in [1.29, 1.82) is 0 Å². The predicted octanol–water partition coefficient (Wildman–Crippen LogP) is 2.86. The highest BCUT2D eigenvalue weighted by molar-refractivity contribution is 6.31. The number of halogens is 1. The molecule has 0 aliphatic carbocycles. The van der Waals surface area contributed by atoms with Gasteiger partial charge in [-0.1, -0.05) is 29.8 Å². The van der Waals surface area contributed by atoms with Crippen molar-refractivity contribution in [3.8, 4) is 0 Å². The van der Waals surface area contributed by atoms with Crippen molar-refractivity contribution in [3.63, 3.8) is 0 Å². The minimum atomic E-state index is -0.227. The maximum absolute atomic E-state index is 11.8. The molecule has 2 rings (SSSR count). The zero-order valence-corrected chi connectivity index (χ0v) is 10.1. The molecule has 5 heteroatoms. The van der Waals surface area contributed by atoms with Gasteiger partial charge < -0.3 is 5.32 Å². The van der Waals surface area contributed by atoms with Crippen LogP contribution in [0.5, 0.6) is 0 Å². The third-order valence-corrected chi connectivity index (χ3v) is 2.79. The Bertz CT molecular complexity index is 510. The molecule has 1 unspecified atom stereocenters. The molecular formula is C12H12ClN3O. The van der Waals surface area contributed by atoms with Gasteiger partial charge in [0.15, 0.2) is 0 Å². The second kappa shape index (κ2) is 5.01. The van der Waals surface area contributed by atoms with Gasteiger partial charge >= 0.3 is 6.03 Å². The molecule has 1 amide bonds. The van der Waals surface area contributed by atoms with E-state index in [1.807, 2.05) is 25.1 Å². The van der Waals surface area contributed by atoms with Gasteiger partial charge in [-0.05, 0) is 18.6 Å². The molecule has 2 aromatic rings. The Morgan fingerprint density at radius 2 is 2.24 bits per heavy atom. The maximum atomic E-state index is 11.8. The van der Waals surface area contributed by atoms with Crippen LogP contribution in [0.1, 0.15) is 18.5 Å². The van der Waals surface area contributed by atoms with Crippen molar-refractivity contribution in [3.05, 3.63) is 53.6 Å². The summed E-state index contributed by atoms with van der Waals surface area (Å²) in [5, 5.41) is 3.48. The third kappa shape index (κ3) is 2.65. The standard InChI is InChI=1S/C12H12ClN3O/c1-9(10-4-2-3-5-11(10)13)15-12(17)16-7-6-14-8-16/h2-9H,1H3,(H,15,17). The molecule has 1 N–H and O–H groups in total. The van der Waals surface area contributed by atoms with E-state index in [0.29, 0.717) is 5.02 Å². The monoisotopic (exact) mass is 249 g/mol. The molecule has 0 bridgehead atoms. The van der Waals surface area contributed by atoms with E-state index in [0.717, 1.165) is 5.56 Å². The van der Waals surface area contributed by atoms with Crippen LogP contribution in [0.15, 0.2) is 43.0 Å². The number of hydrogen-bond donors (Lipinski definition) is 1. The molecule has 1 atom stereocenters. The number of imidazole rings is 1. The SMILES string of the molecule is CC(NC(=O)n1ccnc1)c1ccccc1Cl. The number of aromatic nitrogens is 2. The van der Waals surface area contributed by atoms with Crippen LogP contribution in [0.4, 0.5) is 4.79 Å². The molecule has 4 nitrogen and oxygen atoms in total. The normalized spacial score (nSPS) is 12.1. The lowest BCUT2D eigenvalue weighted by Gasteiger charge is -2.15. The lowest BCUT2D eigenvalue weighted by atomic mass is 10.1. The molecule has 0 aliphatic rings. The van der Waals surface area contributed by atoms with Gasteiger partial charge in [0, 0.05) is 17.4 Å².